The summed E-state index contributed by atoms with van der Waals surface area (Å²) in [5.41, 5.74) is 0.192. The van der Waals surface area contributed by atoms with Gasteiger partial charge in [0.25, 0.3) is 0 Å². The Morgan fingerprint density at radius 1 is 1.57 bits per heavy atom. The lowest BCUT2D eigenvalue weighted by molar-refractivity contribution is -0.122. The van der Waals surface area contributed by atoms with E-state index in [0.717, 1.165) is 19.5 Å². The highest BCUT2D eigenvalue weighted by molar-refractivity contribution is 5.75. The van der Waals surface area contributed by atoms with Gasteiger partial charge in [0.15, 0.2) is 0 Å². The van der Waals surface area contributed by atoms with Crippen molar-refractivity contribution < 1.29 is 4.79 Å². The summed E-state index contributed by atoms with van der Waals surface area (Å²) in [7, 11) is 2.14. The van der Waals surface area contributed by atoms with Crippen LogP contribution in [0.15, 0.2) is 0 Å². The molecule has 1 unspecified atom stereocenters. The van der Waals surface area contributed by atoms with E-state index >= 15 is 0 Å². The van der Waals surface area contributed by atoms with Gasteiger partial charge in [-0.3, -0.25) is 4.79 Å². The zero-order chi connectivity index (χ0) is 10.8. The highest BCUT2D eigenvalue weighted by Crippen LogP contribution is 2.28. The summed E-state index contributed by atoms with van der Waals surface area (Å²) >= 11 is 0. The maximum absolute atomic E-state index is 11.3. The first-order valence-corrected chi connectivity index (χ1v) is 5.43. The van der Waals surface area contributed by atoms with Crippen LogP contribution in [0.2, 0.25) is 0 Å². The van der Waals surface area contributed by atoms with E-state index in [0.29, 0.717) is 12.5 Å². The molecular weight excluding hydrogens is 176 g/mol. The van der Waals surface area contributed by atoms with Crippen LogP contribution in [0.1, 0.15) is 33.6 Å². The quantitative estimate of drug-likeness (QED) is 0.724. The molecule has 0 aromatic rings. The van der Waals surface area contributed by atoms with Crippen molar-refractivity contribution >= 4 is 5.91 Å². The molecule has 0 radical (unpaired) electrons. The van der Waals surface area contributed by atoms with Gasteiger partial charge in [-0.2, -0.15) is 0 Å². The molecule has 1 atom stereocenters. The van der Waals surface area contributed by atoms with Gasteiger partial charge in [-0.15, -0.1) is 0 Å². The summed E-state index contributed by atoms with van der Waals surface area (Å²) in [6.07, 6.45) is 1.65. The third-order valence-electron chi connectivity index (χ3n) is 3.08. The van der Waals surface area contributed by atoms with Crippen LogP contribution in [-0.4, -0.2) is 37.0 Å². The van der Waals surface area contributed by atoms with Crippen molar-refractivity contribution in [3.05, 3.63) is 0 Å². The van der Waals surface area contributed by atoms with Gasteiger partial charge in [-0.25, -0.2) is 0 Å². The van der Waals surface area contributed by atoms with Crippen molar-refractivity contribution in [3.63, 3.8) is 0 Å². The highest BCUT2D eigenvalue weighted by Gasteiger charge is 2.35. The predicted octanol–water partition coefficient (Wildman–Crippen LogP) is 1.24. The normalized spacial score (nSPS) is 27.3. The minimum atomic E-state index is 0.174. The molecule has 0 saturated carbocycles. The maximum atomic E-state index is 11.3. The minimum Gasteiger partial charge on any atom is -0.353 e. The summed E-state index contributed by atoms with van der Waals surface area (Å²) in [5, 5.41) is 3.11. The molecule has 1 fully saturated rings. The van der Waals surface area contributed by atoms with Crippen molar-refractivity contribution in [1.29, 1.82) is 0 Å². The lowest BCUT2D eigenvalue weighted by Crippen LogP contribution is -2.54. The first kappa shape index (κ1) is 11.5. The third kappa shape index (κ3) is 2.71. The number of hydrogen-bond donors (Lipinski definition) is 1. The third-order valence-corrected chi connectivity index (χ3v) is 3.08. The standard InChI is InChI=1S/C11H22N2O/c1-5-10(14)12-9-6-7-13(4)8-11(9,2)3/h9H,5-8H2,1-4H3,(H,12,14). The molecule has 1 aliphatic rings. The Morgan fingerprint density at radius 2 is 2.21 bits per heavy atom. The number of nitrogens with one attached hydrogen (secondary N) is 1. The van der Waals surface area contributed by atoms with Gasteiger partial charge in [0, 0.05) is 19.0 Å². The van der Waals surface area contributed by atoms with Crippen LogP contribution in [0.3, 0.4) is 0 Å². The van der Waals surface area contributed by atoms with E-state index < -0.39 is 0 Å². The molecule has 82 valence electrons. The second-order valence-electron chi connectivity index (χ2n) is 4.99. The monoisotopic (exact) mass is 198 g/mol. The van der Waals surface area contributed by atoms with Gasteiger partial charge in [0.05, 0.1) is 0 Å². The number of carbonyl (C=O) groups is 1. The van der Waals surface area contributed by atoms with Crippen molar-refractivity contribution in [1.82, 2.24) is 10.2 Å². The summed E-state index contributed by atoms with van der Waals surface area (Å²) in [6.45, 7) is 8.49. The topological polar surface area (TPSA) is 32.3 Å². The Kier molecular flexibility index (Phi) is 3.53. The van der Waals surface area contributed by atoms with E-state index in [9.17, 15) is 4.79 Å². The average Bonchev–Trinajstić information content (AvgIpc) is 2.08. The number of rotatable bonds is 2. The molecule has 0 aliphatic carbocycles. The molecule has 1 N–H and O–H groups in total. The van der Waals surface area contributed by atoms with E-state index in [4.69, 9.17) is 0 Å². The van der Waals surface area contributed by atoms with E-state index in [2.05, 4.69) is 31.1 Å². The van der Waals surface area contributed by atoms with Gasteiger partial charge >= 0.3 is 0 Å². The number of carbonyl (C=O) groups excluding carboxylic acids is 1. The molecule has 1 aliphatic heterocycles. The minimum absolute atomic E-state index is 0.174. The summed E-state index contributed by atoms with van der Waals surface area (Å²) in [6, 6.07) is 0.339. The van der Waals surface area contributed by atoms with Gasteiger partial charge < -0.3 is 10.2 Å². The number of amides is 1. The fourth-order valence-corrected chi connectivity index (χ4v) is 2.19. The van der Waals surface area contributed by atoms with Crippen LogP contribution in [-0.2, 0) is 4.79 Å². The van der Waals surface area contributed by atoms with Crippen LogP contribution < -0.4 is 5.32 Å². The van der Waals surface area contributed by atoms with Gasteiger partial charge in [-0.1, -0.05) is 20.8 Å². The molecule has 14 heavy (non-hydrogen) atoms. The predicted molar refractivity (Wildman–Crippen MR) is 58.1 cm³/mol. The van der Waals surface area contributed by atoms with Gasteiger partial charge in [-0.05, 0) is 25.4 Å². The van der Waals surface area contributed by atoms with Crippen LogP contribution in [0.5, 0.6) is 0 Å². The molecule has 1 rings (SSSR count). The van der Waals surface area contributed by atoms with Crippen molar-refractivity contribution in [2.45, 2.75) is 39.7 Å². The first-order chi connectivity index (χ1) is 6.45. The number of nitrogens with zero attached hydrogens (tertiary/aromatic N) is 1. The summed E-state index contributed by atoms with van der Waals surface area (Å²) in [4.78, 5) is 13.7. The number of piperidine rings is 1. The summed E-state index contributed by atoms with van der Waals surface area (Å²) < 4.78 is 0. The zero-order valence-electron chi connectivity index (χ0n) is 9.76. The van der Waals surface area contributed by atoms with E-state index in [-0.39, 0.29) is 11.3 Å². The van der Waals surface area contributed by atoms with E-state index in [1.54, 1.807) is 0 Å². The Hall–Kier alpha value is -0.570. The largest absolute Gasteiger partial charge is 0.353 e. The smallest absolute Gasteiger partial charge is 0.219 e. The maximum Gasteiger partial charge on any atom is 0.219 e. The zero-order valence-corrected chi connectivity index (χ0v) is 9.76. The fourth-order valence-electron chi connectivity index (χ4n) is 2.19. The molecule has 1 amide bonds. The summed E-state index contributed by atoms with van der Waals surface area (Å²) in [5.74, 6) is 0.174. The molecule has 3 heteroatoms. The van der Waals surface area contributed by atoms with Gasteiger partial charge in [0.2, 0.25) is 5.91 Å². The fraction of sp³-hybridized carbons (Fsp3) is 0.909. The number of hydrogen-bond acceptors (Lipinski definition) is 2. The Labute approximate surface area is 86.9 Å². The molecule has 1 heterocycles. The van der Waals surface area contributed by atoms with E-state index in [1.165, 1.54) is 0 Å². The highest BCUT2D eigenvalue weighted by atomic mass is 16.1. The number of likely N-dealkylation sites (tertiary alicyclic amines) is 1. The van der Waals surface area contributed by atoms with Crippen LogP contribution >= 0.6 is 0 Å². The Balaban J connectivity index is 2.56. The molecule has 0 bridgehead atoms. The second kappa shape index (κ2) is 4.30. The SMILES string of the molecule is CCC(=O)NC1CCN(C)CC1(C)C. The molecular formula is C11H22N2O. The average molecular weight is 198 g/mol. The lowest BCUT2D eigenvalue weighted by Gasteiger charge is -2.43. The lowest BCUT2D eigenvalue weighted by atomic mass is 9.79. The molecule has 0 aromatic carbocycles. The molecule has 0 aromatic heterocycles. The first-order valence-electron chi connectivity index (χ1n) is 5.43. The van der Waals surface area contributed by atoms with Gasteiger partial charge in [0.1, 0.15) is 0 Å². The van der Waals surface area contributed by atoms with Crippen LogP contribution in [0, 0.1) is 5.41 Å². The van der Waals surface area contributed by atoms with Crippen LogP contribution in [0.25, 0.3) is 0 Å². The second-order valence-corrected chi connectivity index (χ2v) is 4.99. The Bertz CT molecular complexity index is 213. The van der Waals surface area contributed by atoms with Crippen molar-refractivity contribution in [2.24, 2.45) is 5.41 Å². The van der Waals surface area contributed by atoms with Crippen molar-refractivity contribution in [2.75, 3.05) is 20.1 Å². The van der Waals surface area contributed by atoms with E-state index in [1.807, 2.05) is 6.92 Å². The molecule has 1 saturated heterocycles. The Morgan fingerprint density at radius 3 is 2.71 bits per heavy atom. The van der Waals surface area contributed by atoms with Crippen LogP contribution in [0.4, 0.5) is 0 Å². The molecule has 0 spiro atoms. The molecule has 3 nitrogen and oxygen atoms in total. The van der Waals surface area contributed by atoms with Crippen molar-refractivity contribution in [3.8, 4) is 0 Å².